The van der Waals surface area contributed by atoms with Crippen LogP contribution in [0, 0.1) is 5.82 Å². The molecule has 0 saturated carbocycles. The summed E-state index contributed by atoms with van der Waals surface area (Å²) in [6.07, 6.45) is 0.399. The van der Waals surface area contributed by atoms with Crippen molar-refractivity contribution in [3.8, 4) is 22.6 Å². The predicted molar refractivity (Wildman–Crippen MR) is 141 cm³/mol. The van der Waals surface area contributed by atoms with E-state index in [-0.39, 0.29) is 29.8 Å². The van der Waals surface area contributed by atoms with E-state index in [1.807, 2.05) is 22.8 Å². The van der Waals surface area contributed by atoms with Crippen molar-refractivity contribution in [2.75, 3.05) is 26.7 Å². The van der Waals surface area contributed by atoms with Gasteiger partial charge in [0.2, 0.25) is 0 Å². The molecule has 0 aliphatic carbocycles. The molecule has 2 atom stereocenters. The van der Waals surface area contributed by atoms with Crippen molar-refractivity contribution in [1.82, 2.24) is 14.5 Å². The Hall–Kier alpha value is -3.78. The van der Waals surface area contributed by atoms with Gasteiger partial charge in [0.15, 0.2) is 11.6 Å². The van der Waals surface area contributed by atoms with Crippen LogP contribution in [-0.2, 0) is 4.57 Å². The van der Waals surface area contributed by atoms with Gasteiger partial charge in [0.25, 0.3) is 5.91 Å². The van der Waals surface area contributed by atoms with E-state index < -0.39 is 25.6 Å². The zero-order valence-electron chi connectivity index (χ0n) is 21.4. The first-order valence-electron chi connectivity index (χ1n) is 12.4. The molecule has 2 aliphatic heterocycles. The van der Waals surface area contributed by atoms with Crippen molar-refractivity contribution >= 4 is 24.1 Å². The maximum absolute atomic E-state index is 14.9. The van der Waals surface area contributed by atoms with Crippen molar-refractivity contribution in [3.05, 3.63) is 77.4 Å². The molecule has 6 rings (SSSR count). The Bertz CT molecular complexity index is 1680. The highest BCUT2D eigenvalue weighted by molar-refractivity contribution is 7.62. The zero-order chi connectivity index (χ0) is 27.6. The summed E-state index contributed by atoms with van der Waals surface area (Å²) in [6.45, 7) is 0.104. The summed E-state index contributed by atoms with van der Waals surface area (Å²) in [4.78, 5) is 19.7. The highest BCUT2D eigenvalue weighted by Crippen LogP contribution is 2.50. The van der Waals surface area contributed by atoms with Gasteiger partial charge in [-0.2, -0.15) is 8.78 Å². The third-order valence-electron chi connectivity index (χ3n) is 7.20. The fourth-order valence-corrected chi connectivity index (χ4v) is 5.93. The van der Waals surface area contributed by atoms with Gasteiger partial charge in [0.1, 0.15) is 25.1 Å². The van der Waals surface area contributed by atoms with Gasteiger partial charge >= 0.3 is 6.61 Å². The van der Waals surface area contributed by atoms with E-state index in [2.05, 4.69) is 0 Å². The number of amides is 1. The molecule has 3 heterocycles. The van der Waals surface area contributed by atoms with Crippen LogP contribution in [0.5, 0.6) is 11.5 Å². The highest BCUT2D eigenvalue weighted by atomic mass is 31.2. The molecule has 1 aromatic heterocycles. The number of alkyl halides is 2. The first kappa shape index (κ1) is 25.5. The summed E-state index contributed by atoms with van der Waals surface area (Å²) >= 11 is 0. The SMILES string of the molecule is CN1C(=O)c2cccc(OC(F)F)c2[C@H]2C[C@@H]1c1nc3ccc(-c4ccc(OCP(C)(C)=O)c(F)c4)cc3n12. The molecular weight excluding hydrogens is 530 g/mol. The summed E-state index contributed by atoms with van der Waals surface area (Å²) in [7, 11) is -0.795. The van der Waals surface area contributed by atoms with Crippen LogP contribution >= 0.6 is 7.14 Å². The molecule has 11 heteroatoms. The quantitative estimate of drug-likeness (QED) is 0.253. The molecule has 39 heavy (non-hydrogen) atoms. The lowest BCUT2D eigenvalue weighted by molar-refractivity contribution is -0.0507. The molecule has 202 valence electrons. The third-order valence-corrected chi connectivity index (χ3v) is 7.95. The van der Waals surface area contributed by atoms with Crippen molar-refractivity contribution in [3.63, 3.8) is 0 Å². The largest absolute Gasteiger partial charge is 0.483 e. The molecule has 0 saturated heterocycles. The number of hydrogen-bond acceptors (Lipinski definition) is 5. The number of halogens is 3. The van der Waals surface area contributed by atoms with Gasteiger partial charge in [0.05, 0.1) is 23.1 Å². The van der Waals surface area contributed by atoms with E-state index in [1.54, 1.807) is 37.4 Å². The minimum absolute atomic E-state index is 0.0231. The Kier molecular flexibility index (Phi) is 5.99. The Balaban J connectivity index is 1.46. The number of ether oxygens (including phenoxy) is 2. The molecule has 7 nitrogen and oxygen atoms in total. The molecule has 1 amide bonds. The first-order chi connectivity index (χ1) is 18.5. The van der Waals surface area contributed by atoms with E-state index in [1.165, 1.54) is 24.3 Å². The van der Waals surface area contributed by atoms with Gasteiger partial charge in [0, 0.05) is 24.6 Å². The minimum Gasteiger partial charge on any atom is -0.483 e. The van der Waals surface area contributed by atoms with Crippen LogP contribution in [0.1, 0.15) is 40.3 Å². The predicted octanol–water partition coefficient (Wildman–Crippen LogP) is 6.52. The lowest BCUT2D eigenvalue weighted by atomic mass is 9.97. The number of rotatable bonds is 6. The number of hydrogen-bond donors (Lipinski definition) is 0. The van der Waals surface area contributed by atoms with Gasteiger partial charge in [-0.1, -0.05) is 18.2 Å². The second kappa shape index (κ2) is 9.16. The van der Waals surface area contributed by atoms with Gasteiger partial charge in [-0.05, 0) is 60.9 Å². The smallest absolute Gasteiger partial charge is 0.387 e. The van der Waals surface area contributed by atoms with E-state index in [0.29, 0.717) is 40.0 Å². The average molecular weight is 555 g/mol. The molecule has 0 radical (unpaired) electrons. The van der Waals surface area contributed by atoms with E-state index in [9.17, 15) is 22.5 Å². The molecule has 4 aromatic rings. The number of fused-ring (bicyclic) bond motifs is 9. The normalized spacial score (nSPS) is 18.3. The molecule has 3 aromatic carbocycles. The molecule has 0 spiro atoms. The molecule has 0 unspecified atom stereocenters. The topological polar surface area (TPSA) is 73.7 Å². The Morgan fingerprint density at radius 3 is 2.51 bits per heavy atom. The van der Waals surface area contributed by atoms with Gasteiger partial charge < -0.3 is 23.5 Å². The average Bonchev–Trinajstić information content (AvgIpc) is 3.40. The third kappa shape index (κ3) is 4.36. The summed E-state index contributed by atoms with van der Waals surface area (Å²) in [5.74, 6) is -0.220. The van der Waals surface area contributed by atoms with E-state index in [0.717, 1.165) is 5.52 Å². The monoisotopic (exact) mass is 555 g/mol. The van der Waals surface area contributed by atoms with E-state index in [4.69, 9.17) is 14.5 Å². The van der Waals surface area contributed by atoms with Crippen LogP contribution in [0.3, 0.4) is 0 Å². The Morgan fingerprint density at radius 2 is 1.79 bits per heavy atom. The number of nitrogens with zero attached hydrogens (tertiary/aromatic N) is 3. The highest BCUT2D eigenvalue weighted by Gasteiger charge is 2.45. The van der Waals surface area contributed by atoms with Crippen LogP contribution < -0.4 is 9.47 Å². The number of imidazole rings is 1. The standard InChI is InChI=1S/C28H25F3N3O4P/c1-33-22-13-21(25-17(27(33)35)5-4-6-24(25)38-28(30)31)34-20-12-16(7-9-19(20)32-26(22)34)15-8-10-23(18(29)11-15)37-14-39(2,3)36/h4-12,21-22,28H,13-14H2,1-3H3/t21-,22-/m1/s1. The van der Waals surface area contributed by atoms with Crippen molar-refractivity contribution in [2.24, 2.45) is 0 Å². The Morgan fingerprint density at radius 1 is 1.05 bits per heavy atom. The maximum Gasteiger partial charge on any atom is 0.387 e. The van der Waals surface area contributed by atoms with E-state index >= 15 is 0 Å². The number of aromatic nitrogens is 2. The van der Waals surface area contributed by atoms with Crippen LogP contribution in [0.15, 0.2) is 54.6 Å². The summed E-state index contributed by atoms with van der Waals surface area (Å²) in [5.41, 5.74) is 3.43. The minimum atomic E-state index is -3.04. The van der Waals surface area contributed by atoms with Crippen LogP contribution in [0.2, 0.25) is 0 Å². The number of carbonyl (C=O) groups is 1. The van der Waals surface area contributed by atoms with Gasteiger partial charge in [-0.25, -0.2) is 9.37 Å². The van der Waals surface area contributed by atoms with Crippen molar-refractivity contribution in [1.29, 1.82) is 0 Å². The van der Waals surface area contributed by atoms with Crippen molar-refractivity contribution in [2.45, 2.75) is 25.1 Å². The Labute approximate surface area is 222 Å². The second-order valence-corrected chi connectivity index (χ2v) is 13.7. The zero-order valence-corrected chi connectivity index (χ0v) is 22.3. The lowest BCUT2D eigenvalue weighted by Gasteiger charge is -2.24. The summed E-state index contributed by atoms with van der Waals surface area (Å²) in [5, 5.41) is 0. The van der Waals surface area contributed by atoms with Gasteiger partial charge in [-0.3, -0.25) is 4.79 Å². The molecule has 2 bridgehead atoms. The summed E-state index contributed by atoms with van der Waals surface area (Å²) in [6, 6.07) is 13.9. The maximum atomic E-state index is 14.9. The molecule has 0 fully saturated rings. The second-order valence-electron chi connectivity index (χ2n) is 10.3. The molecule has 0 N–H and O–H groups in total. The lowest BCUT2D eigenvalue weighted by Crippen LogP contribution is -2.30. The number of benzene rings is 3. The molecule has 2 aliphatic rings. The summed E-state index contributed by atoms with van der Waals surface area (Å²) < 4.78 is 65.7. The van der Waals surface area contributed by atoms with Crippen LogP contribution in [0.4, 0.5) is 13.2 Å². The fourth-order valence-electron chi connectivity index (χ4n) is 5.48. The molecular formula is C28H25F3N3O4P. The fraction of sp³-hybridized carbons (Fsp3) is 0.286. The van der Waals surface area contributed by atoms with Gasteiger partial charge in [-0.15, -0.1) is 0 Å². The van der Waals surface area contributed by atoms with Crippen LogP contribution in [0.25, 0.3) is 22.2 Å². The first-order valence-corrected chi connectivity index (χ1v) is 15.1. The van der Waals surface area contributed by atoms with Crippen molar-refractivity contribution < 1.29 is 32.0 Å². The number of carbonyl (C=O) groups excluding carboxylic acids is 1. The van der Waals surface area contributed by atoms with Crippen LogP contribution in [-0.4, -0.2) is 53.7 Å².